The maximum absolute atomic E-state index is 13.4. The van der Waals surface area contributed by atoms with Crippen LogP contribution in [-0.2, 0) is 11.0 Å². The zero-order chi connectivity index (χ0) is 21.3. The van der Waals surface area contributed by atoms with Gasteiger partial charge < -0.3 is 5.73 Å². The summed E-state index contributed by atoms with van der Waals surface area (Å²) < 4.78 is 41.5. The van der Waals surface area contributed by atoms with Gasteiger partial charge in [0.05, 0.1) is 21.5 Å². The Balaban J connectivity index is 2.22. The number of amides is 1. The van der Waals surface area contributed by atoms with Crippen molar-refractivity contribution in [1.29, 1.82) is 0 Å². The van der Waals surface area contributed by atoms with E-state index in [-0.39, 0.29) is 16.7 Å². The fourth-order valence-electron chi connectivity index (χ4n) is 2.48. The van der Waals surface area contributed by atoms with E-state index in [0.717, 1.165) is 23.9 Å². The van der Waals surface area contributed by atoms with Crippen molar-refractivity contribution < 1.29 is 18.0 Å². The second-order valence-electron chi connectivity index (χ2n) is 5.98. The molecule has 0 aliphatic heterocycles. The van der Waals surface area contributed by atoms with E-state index >= 15 is 0 Å². The first-order valence-corrected chi connectivity index (χ1v) is 9.76. The number of benzene rings is 2. The maximum atomic E-state index is 13.4. The largest absolute Gasteiger partial charge is 0.417 e. The molecule has 0 saturated heterocycles. The van der Waals surface area contributed by atoms with Gasteiger partial charge in [-0.3, -0.25) is 9.36 Å². The predicted octanol–water partition coefficient (Wildman–Crippen LogP) is 5.23. The second-order valence-corrected chi connectivity index (χ2v) is 8.13. The summed E-state index contributed by atoms with van der Waals surface area (Å²) in [4.78, 5) is 11.5. The third-order valence-electron chi connectivity index (χ3n) is 3.91. The Labute approximate surface area is 178 Å². The summed E-state index contributed by atoms with van der Waals surface area (Å²) in [7, 11) is 0. The van der Waals surface area contributed by atoms with Crippen molar-refractivity contribution in [2.45, 2.75) is 23.5 Å². The van der Waals surface area contributed by atoms with E-state index in [1.54, 1.807) is 31.2 Å². The summed E-state index contributed by atoms with van der Waals surface area (Å²) in [5, 5.41) is 7.65. The third kappa shape index (κ3) is 4.68. The lowest BCUT2D eigenvalue weighted by atomic mass is 10.1. The Morgan fingerprint density at radius 1 is 1.17 bits per heavy atom. The Bertz CT molecular complexity index is 1070. The maximum Gasteiger partial charge on any atom is 0.417 e. The minimum absolute atomic E-state index is 0.126. The van der Waals surface area contributed by atoms with Crippen molar-refractivity contribution in [3.63, 3.8) is 0 Å². The molecular formula is C18H13Cl2F3N4OS. The van der Waals surface area contributed by atoms with Crippen molar-refractivity contribution in [2.75, 3.05) is 0 Å². The van der Waals surface area contributed by atoms with Crippen molar-refractivity contribution in [3.8, 4) is 17.1 Å². The van der Waals surface area contributed by atoms with Gasteiger partial charge in [-0.1, -0.05) is 47.1 Å². The number of hydrogen-bond donors (Lipinski definition) is 1. The van der Waals surface area contributed by atoms with E-state index in [0.29, 0.717) is 10.6 Å². The van der Waals surface area contributed by atoms with Gasteiger partial charge in [-0.2, -0.15) is 13.2 Å². The molecule has 0 fully saturated rings. The summed E-state index contributed by atoms with van der Waals surface area (Å²) in [6.07, 6.45) is -4.65. The molecule has 1 amide bonds. The number of hydrogen-bond acceptors (Lipinski definition) is 4. The zero-order valence-electron chi connectivity index (χ0n) is 14.7. The summed E-state index contributed by atoms with van der Waals surface area (Å²) in [5.41, 5.74) is 4.97. The van der Waals surface area contributed by atoms with Crippen LogP contribution in [0.2, 0.25) is 10.0 Å². The molecule has 0 saturated carbocycles. The third-order valence-corrected chi connectivity index (χ3v) is 5.54. The van der Waals surface area contributed by atoms with Gasteiger partial charge in [0.15, 0.2) is 11.0 Å². The highest BCUT2D eigenvalue weighted by molar-refractivity contribution is 8.00. The van der Waals surface area contributed by atoms with Crippen LogP contribution in [0.25, 0.3) is 17.1 Å². The Morgan fingerprint density at radius 2 is 1.90 bits per heavy atom. The van der Waals surface area contributed by atoms with E-state index in [2.05, 4.69) is 10.2 Å². The van der Waals surface area contributed by atoms with Crippen LogP contribution in [0.5, 0.6) is 0 Å². The summed E-state index contributed by atoms with van der Waals surface area (Å²) in [6, 6.07) is 10.1. The van der Waals surface area contributed by atoms with Crippen LogP contribution in [0.1, 0.15) is 12.5 Å². The normalized spacial score (nSPS) is 12.8. The Morgan fingerprint density at radius 3 is 2.52 bits per heavy atom. The first-order valence-electron chi connectivity index (χ1n) is 8.12. The predicted molar refractivity (Wildman–Crippen MR) is 106 cm³/mol. The standard InChI is InChI=1S/C18H13Cl2F3N4OS/c1-9(15(24)28)29-17-26-25-16(10-3-2-4-11(19)7-10)27(17)12-5-6-14(20)13(8-12)18(21,22)23/h2-9H,1H3,(H2,24,28)/t9-/m0/s1. The van der Waals surface area contributed by atoms with E-state index in [1.807, 2.05) is 0 Å². The van der Waals surface area contributed by atoms with Gasteiger partial charge in [-0.25, -0.2) is 0 Å². The molecule has 3 aromatic rings. The quantitative estimate of drug-likeness (QED) is 0.529. The van der Waals surface area contributed by atoms with Crippen LogP contribution < -0.4 is 5.73 Å². The van der Waals surface area contributed by atoms with E-state index in [9.17, 15) is 18.0 Å². The van der Waals surface area contributed by atoms with Crippen LogP contribution >= 0.6 is 35.0 Å². The fourth-order valence-corrected chi connectivity index (χ4v) is 3.71. The first kappa shape index (κ1) is 21.5. The number of nitrogens with zero attached hydrogens (tertiary/aromatic N) is 3. The second kappa shape index (κ2) is 8.25. The molecule has 29 heavy (non-hydrogen) atoms. The molecule has 0 unspecified atom stereocenters. The lowest BCUT2D eigenvalue weighted by Crippen LogP contribution is -2.23. The van der Waals surface area contributed by atoms with Gasteiger partial charge >= 0.3 is 6.18 Å². The molecular weight excluding hydrogens is 448 g/mol. The number of carbonyl (C=O) groups is 1. The van der Waals surface area contributed by atoms with Crippen molar-refractivity contribution in [1.82, 2.24) is 14.8 Å². The number of halogens is 5. The molecule has 0 spiro atoms. The van der Waals surface area contributed by atoms with Crippen LogP contribution in [0.15, 0.2) is 47.6 Å². The molecule has 0 radical (unpaired) electrons. The van der Waals surface area contributed by atoms with Gasteiger partial charge in [-0.15, -0.1) is 10.2 Å². The van der Waals surface area contributed by atoms with Crippen molar-refractivity contribution >= 4 is 40.9 Å². The van der Waals surface area contributed by atoms with Gasteiger partial charge in [-0.05, 0) is 37.3 Å². The topological polar surface area (TPSA) is 73.8 Å². The highest BCUT2D eigenvalue weighted by Gasteiger charge is 2.34. The number of rotatable bonds is 5. The molecule has 152 valence electrons. The number of nitrogens with two attached hydrogens (primary N) is 1. The Kier molecular flexibility index (Phi) is 6.11. The average Bonchev–Trinajstić information content (AvgIpc) is 3.04. The minimum Gasteiger partial charge on any atom is -0.369 e. The monoisotopic (exact) mass is 460 g/mol. The van der Waals surface area contributed by atoms with Crippen molar-refractivity contribution in [2.24, 2.45) is 5.73 Å². The van der Waals surface area contributed by atoms with Gasteiger partial charge in [0.25, 0.3) is 0 Å². The van der Waals surface area contributed by atoms with Crippen LogP contribution in [-0.4, -0.2) is 25.9 Å². The molecule has 3 rings (SSSR count). The van der Waals surface area contributed by atoms with Gasteiger partial charge in [0, 0.05) is 10.6 Å². The molecule has 0 aliphatic carbocycles. The number of thioether (sulfide) groups is 1. The van der Waals surface area contributed by atoms with Crippen LogP contribution in [0, 0.1) is 0 Å². The number of primary amides is 1. The van der Waals surface area contributed by atoms with E-state index < -0.39 is 27.9 Å². The summed E-state index contributed by atoms with van der Waals surface area (Å²) in [5.74, 6) is -0.344. The average molecular weight is 461 g/mol. The molecule has 11 heteroatoms. The molecule has 2 N–H and O–H groups in total. The highest BCUT2D eigenvalue weighted by Crippen LogP contribution is 2.38. The number of carbonyl (C=O) groups excluding carboxylic acids is 1. The van der Waals surface area contributed by atoms with Crippen LogP contribution in [0.4, 0.5) is 13.2 Å². The van der Waals surface area contributed by atoms with E-state index in [4.69, 9.17) is 28.9 Å². The lowest BCUT2D eigenvalue weighted by Gasteiger charge is -2.15. The molecule has 1 aromatic heterocycles. The van der Waals surface area contributed by atoms with E-state index in [1.165, 1.54) is 10.6 Å². The molecule has 0 aliphatic rings. The molecule has 1 heterocycles. The fraction of sp³-hybridized carbons (Fsp3) is 0.167. The molecule has 5 nitrogen and oxygen atoms in total. The molecule has 1 atom stereocenters. The number of alkyl halides is 3. The minimum atomic E-state index is -4.65. The SMILES string of the molecule is C[C@H](Sc1nnc(-c2cccc(Cl)c2)n1-c1ccc(Cl)c(C(F)(F)F)c1)C(N)=O. The first-order chi connectivity index (χ1) is 13.6. The van der Waals surface area contributed by atoms with Crippen LogP contribution in [0.3, 0.4) is 0 Å². The molecule has 2 aromatic carbocycles. The van der Waals surface area contributed by atoms with Crippen molar-refractivity contribution in [3.05, 3.63) is 58.1 Å². The summed E-state index contributed by atoms with van der Waals surface area (Å²) >= 11 is 12.8. The zero-order valence-corrected chi connectivity index (χ0v) is 17.1. The highest BCUT2D eigenvalue weighted by atomic mass is 35.5. The lowest BCUT2D eigenvalue weighted by molar-refractivity contribution is -0.137. The summed E-state index contributed by atoms with van der Waals surface area (Å²) in [6.45, 7) is 1.56. The van der Waals surface area contributed by atoms with Gasteiger partial charge in [0.1, 0.15) is 0 Å². The Hall–Kier alpha value is -2.23. The number of aromatic nitrogens is 3. The molecule has 0 bridgehead atoms. The van der Waals surface area contributed by atoms with Gasteiger partial charge in [0.2, 0.25) is 5.91 Å². The smallest absolute Gasteiger partial charge is 0.369 e.